The standard InChI is InChI=1S/C29H27ClF7NO3/c1-15(2)22-11-17(5-8-24(22)31)23-7-6-21(30)13-27(23,40-4)14-38-16(3)25(41-26(38)39)18-9-19(28(32,33)34)12-20(10-18)29(35,36)37/h5-13,15-16,23,25H,14H2,1-4H3/t16-,23?,25-,27?/m0/s1. The van der Waals surface area contributed by atoms with E-state index >= 15 is 0 Å². The van der Waals surface area contributed by atoms with Gasteiger partial charge in [0, 0.05) is 18.1 Å². The fourth-order valence-electron chi connectivity index (χ4n) is 5.28. The smallest absolute Gasteiger partial charge is 0.416 e. The molecule has 1 heterocycles. The Labute approximate surface area is 237 Å². The van der Waals surface area contributed by atoms with Crippen molar-refractivity contribution < 1.29 is 45.0 Å². The van der Waals surface area contributed by atoms with Gasteiger partial charge in [-0.15, -0.1) is 0 Å². The first-order valence-electron chi connectivity index (χ1n) is 12.6. The lowest BCUT2D eigenvalue weighted by atomic mass is 9.77. The Morgan fingerprint density at radius 1 is 1.02 bits per heavy atom. The molecular formula is C29H27ClF7NO3. The minimum Gasteiger partial charge on any atom is -0.439 e. The zero-order valence-corrected chi connectivity index (χ0v) is 23.2. The molecule has 0 bridgehead atoms. The Balaban J connectivity index is 1.73. The molecule has 1 aliphatic heterocycles. The van der Waals surface area contributed by atoms with Crippen LogP contribution in [0.3, 0.4) is 0 Å². The second kappa shape index (κ2) is 11.0. The van der Waals surface area contributed by atoms with Crippen LogP contribution in [-0.4, -0.2) is 36.3 Å². The average Bonchev–Trinajstić information content (AvgIpc) is 3.16. The van der Waals surface area contributed by atoms with Crippen LogP contribution in [0.1, 0.15) is 66.5 Å². The van der Waals surface area contributed by atoms with Gasteiger partial charge >= 0.3 is 18.4 Å². The van der Waals surface area contributed by atoms with Gasteiger partial charge in [0.15, 0.2) is 0 Å². The third kappa shape index (κ3) is 6.11. The molecule has 41 heavy (non-hydrogen) atoms. The molecule has 1 aliphatic carbocycles. The lowest BCUT2D eigenvalue weighted by Gasteiger charge is -2.41. The number of carbonyl (C=O) groups excluding carboxylic acids is 1. The first-order valence-corrected chi connectivity index (χ1v) is 13.0. The van der Waals surface area contributed by atoms with E-state index in [1.807, 2.05) is 13.8 Å². The van der Waals surface area contributed by atoms with E-state index in [0.29, 0.717) is 23.3 Å². The van der Waals surface area contributed by atoms with Gasteiger partial charge in [0.2, 0.25) is 0 Å². The number of carbonyl (C=O) groups is 1. The molecule has 0 radical (unpaired) electrons. The maximum atomic E-state index is 14.5. The molecule has 2 aromatic rings. The van der Waals surface area contributed by atoms with E-state index < -0.39 is 58.8 Å². The van der Waals surface area contributed by atoms with E-state index in [1.54, 1.807) is 30.4 Å². The molecule has 0 aromatic heterocycles. The normalized spacial score (nSPS) is 25.1. The van der Waals surface area contributed by atoms with Crippen LogP contribution < -0.4 is 0 Å². The molecule has 2 aromatic carbocycles. The zero-order valence-electron chi connectivity index (χ0n) is 22.4. The van der Waals surface area contributed by atoms with Crippen LogP contribution in [0.25, 0.3) is 0 Å². The van der Waals surface area contributed by atoms with Crippen molar-refractivity contribution in [3.63, 3.8) is 0 Å². The van der Waals surface area contributed by atoms with Crippen molar-refractivity contribution in [2.75, 3.05) is 13.7 Å². The molecule has 2 unspecified atom stereocenters. The molecule has 0 spiro atoms. The summed E-state index contributed by atoms with van der Waals surface area (Å²) in [6, 6.07) is 4.72. The summed E-state index contributed by atoms with van der Waals surface area (Å²) in [5.41, 5.74) is -3.69. The van der Waals surface area contributed by atoms with Crippen LogP contribution in [0.15, 0.2) is 59.7 Å². The van der Waals surface area contributed by atoms with Gasteiger partial charge in [0.05, 0.1) is 23.7 Å². The van der Waals surface area contributed by atoms with Crippen LogP contribution in [0.4, 0.5) is 35.5 Å². The number of benzene rings is 2. The minimum absolute atomic E-state index is 0.0164. The van der Waals surface area contributed by atoms with E-state index in [2.05, 4.69) is 0 Å². The quantitative estimate of drug-likeness (QED) is 0.309. The summed E-state index contributed by atoms with van der Waals surface area (Å²) < 4.78 is 107. The van der Waals surface area contributed by atoms with Gasteiger partial charge in [-0.05, 0) is 65.9 Å². The molecule has 0 N–H and O–H groups in total. The summed E-state index contributed by atoms with van der Waals surface area (Å²) >= 11 is 6.33. The highest BCUT2D eigenvalue weighted by Gasteiger charge is 2.48. The molecule has 4 atom stereocenters. The highest BCUT2D eigenvalue weighted by atomic mass is 35.5. The highest BCUT2D eigenvalue weighted by Crippen LogP contribution is 2.44. The first-order chi connectivity index (χ1) is 19.0. The second-order valence-electron chi connectivity index (χ2n) is 10.5. The topological polar surface area (TPSA) is 38.8 Å². The highest BCUT2D eigenvalue weighted by molar-refractivity contribution is 6.31. The molecular weight excluding hydrogens is 579 g/mol. The number of allylic oxidation sites excluding steroid dienone is 2. The number of alkyl halides is 6. The number of hydrogen-bond acceptors (Lipinski definition) is 3. The molecule has 4 rings (SSSR count). The molecule has 1 saturated heterocycles. The van der Waals surface area contributed by atoms with Gasteiger partial charge in [-0.2, -0.15) is 26.3 Å². The number of rotatable bonds is 6. The van der Waals surface area contributed by atoms with Crippen molar-refractivity contribution >= 4 is 17.7 Å². The lowest BCUT2D eigenvalue weighted by molar-refractivity contribution is -0.143. The van der Waals surface area contributed by atoms with Gasteiger partial charge in [0.25, 0.3) is 0 Å². The van der Waals surface area contributed by atoms with Crippen LogP contribution in [0.5, 0.6) is 0 Å². The summed E-state index contributed by atoms with van der Waals surface area (Å²) in [5, 5.41) is 0.277. The molecule has 2 aliphatic rings. The minimum atomic E-state index is -5.06. The average molecular weight is 606 g/mol. The van der Waals surface area contributed by atoms with Crippen LogP contribution in [0.2, 0.25) is 0 Å². The summed E-state index contributed by atoms with van der Waals surface area (Å²) in [6.07, 6.45) is -7.59. The maximum absolute atomic E-state index is 14.5. The predicted octanol–water partition coefficient (Wildman–Crippen LogP) is 8.73. The van der Waals surface area contributed by atoms with Crippen molar-refractivity contribution in [1.29, 1.82) is 0 Å². The van der Waals surface area contributed by atoms with Crippen molar-refractivity contribution in [2.45, 2.75) is 62.7 Å². The van der Waals surface area contributed by atoms with Crippen LogP contribution >= 0.6 is 11.6 Å². The Hall–Kier alpha value is -3.05. The number of methoxy groups -OCH3 is 1. The summed E-state index contributed by atoms with van der Waals surface area (Å²) in [6.45, 7) is 4.91. The SMILES string of the molecule is COC1(CN2C(=O)O[C@H](c3cc(C(F)(F)F)cc(C(F)(F)F)c3)[C@@H]2C)C=C(Cl)C=CC1c1ccc(F)c(C(C)C)c1. The number of hydrogen-bond donors (Lipinski definition) is 0. The Bertz CT molecular complexity index is 1350. The van der Waals surface area contributed by atoms with Crippen molar-refractivity contribution in [1.82, 2.24) is 4.90 Å². The van der Waals surface area contributed by atoms with Crippen molar-refractivity contribution in [3.05, 3.63) is 93.3 Å². The van der Waals surface area contributed by atoms with E-state index in [0.717, 1.165) is 0 Å². The third-order valence-electron chi connectivity index (χ3n) is 7.49. The van der Waals surface area contributed by atoms with E-state index in [-0.39, 0.29) is 29.4 Å². The third-order valence-corrected chi connectivity index (χ3v) is 7.72. The predicted molar refractivity (Wildman–Crippen MR) is 138 cm³/mol. The maximum Gasteiger partial charge on any atom is 0.416 e. The van der Waals surface area contributed by atoms with Crippen molar-refractivity contribution in [3.8, 4) is 0 Å². The molecule has 1 amide bonds. The molecule has 0 saturated carbocycles. The Morgan fingerprint density at radius 2 is 1.63 bits per heavy atom. The van der Waals surface area contributed by atoms with Gasteiger partial charge in [0.1, 0.15) is 17.5 Å². The number of amides is 1. The summed E-state index contributed by atoms with van der Waals surface area (Å²) in [7, 11) is 1.38. The van der Waals surface area contributed by atoms with Crippen LogP contribution in [0, 0.1) is 5.82 Å². The van der Waals surface area contributed by atoms with Crippen LogP contribution in [-0.2, 0) is 21.8 Å². The fourth-order valence-corrected chi connectivity index (χ4v) is 5.53. The number of ether oxygens (including phenoxy) is 2. The number of cyclic esters (lactones) is 1. The zero-order chi connectivity index (χ0) is 30.5. The summed E-state index contributed by atoms with van der Waals surface area (Å²) in [4.78, 5) is 14.2. The lowest BCUT2D eigenvalue weighted by Crippen LogP contribution is -2.50. The second-order valence-corrected chi connectivity index (χ2v) is 10.9. The monoisotopic (exact) mass is 605 g/mol. The Kier molecular flexibility index (Phi) is 8.27. The van der Waals surface area contributed by atoms with Gasteiger partial charge < -0.3 is 9.47 Å². The molecule has 4 nitrogen and oxygen atoms in total. The van der Waals surface area contributed by atoms with Gasteiger partial charge in [-0.3, -0.25) is 4.90 Å². The molecule has 222 valence electrons. The molecule has 12 heteroatoms. The fraction of sp³-hybridized carbons (Fsp3) is 0.414. The van der Waals surface area contributed by atoms with E-state index in [1.165, 1.54) is 25.0 Å². The Morgan fingerprint density at radius 3 is 2.17 bits per heavy atom. The van der Waals surface area contributed by atoms with E-state index in [9.17, 15) is 35.5 Å². The summed E-state index contributed by atoms with van der Waals surface area (Å²) in [5.74, 6) is -1.11. The van der Waals surface area contributed by atoms with Gasteiger partial charge in [-0.1, -0.05) is 43.7 Å². The molecule has 1 fully saturated rings. The largest absolute Gasteiger partial charge is 0.439 e. The number of halogens is 8. The van der Waals surface area contributed by atoms with Gasteiger partial charge in [-0.25, -0.2) is 9.18 Å². The van der Waals surface area contributed by atoms with Crippen molar-refractivity contribution in [2.24, 2.45) is 0 Å². The van der Waals surface area contributed by atoms with E-state index in [4.69, 9.17) is 21.1 Å². The first kappa shape index (κ1) is 30.9. The number of nitrogens with zero attached hydrogens (tertiary/aromatic N) is 1.